The molecule has 2 aromatic rings. The summed E-state index contributed by atoms with van der Waals surface area (Å²) >= 11 is 0. The van der Waals surface area contributed by atoms with Crippen LogP contribution in [0.3, 0.4) is 0 Å². The smallest absolute Gasteiger partial charge is 0.254 e. The second kappa shape index (κ2) is 6.21. The fraction of sp³-hybridized carbons (Fsp3) is 0.300. The Morgan fingerprint density at radius 2 is 1.81 bits per heavy atom. The van der Waals surface area contributed by atoms with Crippen molar-refractivity contribution in [3.63, 3.8) is 0 Å². The number of rotatable bonds is 4. The quantitative estimate of drug-likeness (QED) is 0.886. The standard InChI is InChI=1S/C20H19FN2O3/c21-16-3-1-2-15(10-16)20(26)11-23(12-20)19(25)14-6-8-17(9-7-14)22-18(24)13-4-5-13/h1-3,6-10,13,26H,4-5,11-12H2,(H,22,24). The number of anilines is 1. The summed E-state index contributed by atoms with van der Waals surface area (Å²) in [5, 5.41) is 13.4. The van der Waals surface area contributed by atoms with Gasteiger partial charge in [0.05, 0.1) is 13.1 Å². The number of hydrogen-bond acceptors (Lipinski definition) is 3. The van der Waals surface area contributed by atoms with Gasteiger partial charge in [0.2, 0.25) is 5.91 Å². The highest BCUT2D eigenvalue weighted by Crippen LogP contribution is 2.33. The molecule has 0 aromatic heterocycles. The number of β-amino-alcohol motifs (C(OH)–C–C–N with tert-alkyl or cyclic N) is 1. The number of carbonyl (C=O) groups excluding carboxylic acids is 2. The molecule has 1 heterocycles. The molecule has 0 bridgehead atoms. The number of halogens is 1. The molecule has 2 aromatic carbocycles. The number of benzene rings is 2. The molecule has 2 aliphatic rings. The monoisotopic (exact) mass is 354 g/mol. The lowest BCUT2D eigenvalue weighted by molar-refractivity contribution is -0.117. The van der Waals surface area contributed by atoms with Gasteiger partial charge in [-0.3, -0.25) is 9.59 Å². The van der Waals surface area contributed by atoms with E-state index < -0.39 is 11.4 Å². The molecule has 6 heteroatoms. The molecule has 1 aliphatic carbocycles. The maximum Gasteiger partial charge on any atom is 0.254 e. The van der Waals surface area contributed by atoms with Crippen molar-refractivity contribution in [2.45, 2.75) is 18.4 Å². The highest BCUT2D eigenvalue weighted by atomic mass is 19.1. The van der Waals surface area contributed by atoms with Gasteiger partial charge in [0.25, 0.3) is 5.91 Å². The summed E-state index contributed by atoms with van der Waals surface area (Å²) in [7, 11) is 0. The van der Waals surface area contributed by atoms with Crippen molar-refractivity contribution < 1.29 is 19.1 Å². The zero-order chi connectivity index (χ0) is 18.3. The van der Waals surface area contributed by atoms with Crippen LogP contribution in [0.15, 0.2) is 48.5 Å². The minimum absolute atomic E-state index is 0.0203. The molecule has 26 heavy (non-hydrogen) atoms. The first-order valence-corrected chi connectivity index (χ1v) is 8.63. The summed E-state index contributed by atoms with van der Waals surface area (Å²) in [5.41, 5.74) is 0.407. The number of amides is 2. The van der Waals surface area contributed by atoms with Crippen molar-refractivity contribution in [2.24, 2.45) is 5.92 Å². The Balaban J connectivity index is 1.38. The van der Waals surface area contributed by atoms with E-state index in [1.165, 1.54) is 17.0 Å². The average molecular weight is 354 g/mol. The van der Waals surface area contributed by atoms with Crippen LogP contribution < -0.4 is 5.32 Å². The number of nitrogens with one attached hydrogen (secondary N) is 1. The highest BCUT2D eigenvalue weighted by molar-refractivity contribution is 5.97. The number of nitrogens with zero attached hydrogens (tertiary/aromatic N) is 1. The summed E-state index contributed by atoms with van der Waals surface area (Å²) in [5.74, 6) is -0.472. The van der Waals surface area contributed by atoms with E-state index in [9.17, 15) is 19.1 Å². The molecule has 0 spiro atoms. The molecule has 0 unspecified atom stereocenters. The second-order valence-corrected chi connectivity index (χ2v) is 7.04. The van der Waals surface area contributed by atoms with Gasteiger partial charge in [-0.05, 0) is 54.8 Å². The molecule has 2 amide bonds. The van der Waals surface area contributed by atoms with Crippen LogP contribution in [0, 0.1) is 11.7 Å². The van der Waals surface area contributed by atoms with Crippen molar-refractivity contribution in [1.82, 2.24) is 4.90 Å². The van der Waals surface area contributed by atoms with Crippen LogP contribution in [0.25, 0.3) is 0 Å². The lowest BCUT2D eigenvalue weighted by atomic mass is 9.85. The number of carbonyl (C=O) groups is 2. The fourth-order valence-electron chi connectivity index (χ4n) is 3.16. The molecule has 2 N–H and O–H groups in total. The van der Waals surface area contributed by atoms with E-state index in [1.54, 1.807) is 36.4 Å². The predicted octanol–water partition coefficient (Wildman–Crippen LogP) is 2.52. The van der Waals surface area contributed by atoms with Gasteiger partial charge in [0.15, 0.2) is 0 Å². The Bertz CT molecular complexity index is 856. The Morgan fingerprint density at radius 3 is 2.42 bits per heavy atom. The molecule has 134 valence electrons. The first-order valence-electron chi connectivity index (χ1n) is 8.63. The van der Waals surface area contributed by atoms with Gasteiger partial charge in [0, 0.05) is 17.2 Å². The van der Waals surface area contributed by atoms with Crippen molar-refractivity contribution in [3.05, 3.63) is 65.5 Å². The molecule has 5 nitrogen and oxygen atoms in total. The van der Waals surface area contributed by atoms with E-state index >= 15 is 0 Å². The summed E-state index contributed by atoms with van der Waals surface area (Å²) in [6.07, 6.45) is 1.87. The van der Waals surface area contributed by atoms with Gasteiger partial charge in [-0.1, -0.05) is 12.1 Å². The Kier molecular flexibility index (Phi) is 4.00. The fourth-order valence-corrected chi connectivity index (χ4v) is 3.16. The Labute approximate surface area is 150 Å². The maximum absolute atomic E-state index is 13.3. The van der Waals surface area contributed by atoms with Gasteiger partial charge >= 0.3 is 0 Å². The van der Waals surface area contributed by atoms with Crippen molar-refractivity contribution >= 4 is 17.5 Å². The van der Waals surface area contributed by atoms with Gasteiger partial charge in [0.1, 0.15) is 11.4 Å². The second-order valence-electron chi connectivity index (χ2n) is 7.04. The van der Waals surface area contributed by atoms with E-state index in [-0.39, 0.29) is 30.8 Å². The normalized spacial score (nSPS) is 18.2. The van der Waals surface area contributed by atoms with Crippen LogP contribution in [-0.4, -0.2) is 34.9 Å². The summed E-state index contributed by atoms with van der Waals surface area (Å²) < 4.78 is 13.3. The number of hydrogen-bond donors (Lipinski definition) is 2. The number of aliphatic hydroxyl groups is 1. The van der Waals surface area contributed by atoms with E-state index in [2.05, 4.69) is 5.32 Å². The van der Waals surface area contributed by atoms with Crippen LogP contribution in [0.5, 0.6) is 0 Å². The predicted molar refractivity (Wildman–Crippen MR) is 94.0 cm³/mol. The van der Waals surface area contributed by atoms with Crippen LogP contribution >= 0.6 is 0 Å². The maximum atomic E-state index is 13.3. The molecule has 4 rings (SSSR count). The first-order chi connectivity index (χ1) is 12.4. The molecule has 2 fully saturated rings. The Hall–Kier alpha value is -2.73. The van der Waals surface area contributed by atoms with Gasteiger partial charge in [-0.2, -0.15) is 0 Å². The molecule has 1 saturated heterocycles. The van der Waals surface area contributed by atoms with Crippen LogP contribution in [0.2, 0.25) is 0 Å². The summed E-state index contributed by atoms with van der Waals surface area (Å²) in [6.45, 7) is 0.241. The molecule has 0 radical (unpaired) electrons. The third-order valence-corrected chi connectivity index (χ3v) is 4.90. The first kappa shape index (κ1) is 16.7. The number of likely N-dealkylation sites (tertiary alicyclic amines) is 1. The minimum Gasteiger partial charge on any atom is -0.381 e. The minimum atomic E-state index is -1.21. The van der Waals surface area contributed by atoms with Crippen molar-refractivity contribution in [2.75, 3.05) is 18.4 Å². The summed E-state index contributed by atoms with van der Waals surface area (Å²) in [6, 6.07) is 12.5. The Morgan fingerprint density at radius 1 is 1.12 bits per heavy atom. The molecule has 1 saturated carbocycles. The average Bonchev–Trinajstić information content (AvgIpc) is 3.44. The zero-order valence-corrected chi connectivity index (χ0v) is 14.1. The molecular weight excluding hydrogens is 335 g/mol. The van der Waals surface area contributed by atoms with E-state index in [4.69, 9.17) is 0 Å². The highest BCUT2D eigenvalue weighted by Gasteiger charge is 2.45. The third kappa shape index (κ3) is 3.20. The van der Waals surface area contributed by atoms with Gasteiger partial charge in [-0.15, -0.1) is 0 Å². The molecule has 1 aliphatic heterocycles. The lowest BCUT2D eigenvalue weighted by Crippen LogP contribution is -2.61. The zero-order valence-electron chi connectivity index (χ0n) is 14.1. The van der Waals surface area contributed by atoms with Crippen LogP contribution in [0.1, 0.15) is 28.8 Å². The van der Waals surface area contributed by atoms with E-state index in [0.717, 1.165) is 12.8 Å². The lowest BCUT2D eigenvalue weighted by Gasteiger charge is -2.46. The topological polar surface area (TPSA) is 69.6 Å². The molecule has 0 atom stereocenters. The van der Waals surface area contributed by atoms with Gasteiger partial charge in [-0.25, -0.2) is 4.39 Å². The summed E-state index contributed by atoms with van der Waals surface area (Å²) in [4.78, 5) is 25.8. The third-order valence-electron chi connectivity index (χ3n) is 4.90. The van der Waals surface area contributed by atoms with E-state index in [1.807, 2.05) is 0 Å². The van der Waals surface area contributed by atoms with Crippen molar-refractivity contribution in [1.29, 1.82) is 0 Å². The van der Waals surface area contributed by atoms with Crippen LogP contribution in [0.4, 0.5) is 10.1 Å². The SMILES string of the molecule is O=C(Nc1ccc(C(=O)N2CC(O)(c3cccc(F)c3)C2)cc1)C1CC1. The van der Waals surface area contributed by atoms with Crippen molar-refractivity contribution in [3.8, 4) is 0 Å². The van der Waals surface area contributed by atoms with Gasteiger partial charge < -0.3 is 15.3 Å². The molecular formula is C20H19FN2O3. The largest absolute Gasteiger partial charge is 0.381 e. The van der Waals surface area contributed by atoms with Crippen LogP contribution in [-0.2, 0) is 10.4 Å². The van der Waals surface area contributed by atoms with E-state index in [0.29, 0.717) is 16.8 Å².